The first kappa shape index (κ1) is 9.39. The van der Waals surface area contributed by atoms with Crippen molar-refractivity contribution >= 4 is 12.6 Å². The summed E-state index contributed by atoms with van der Waals surface area (Å²) in [6, 6.07) is 0. The second-order valence-electron chi connectivity index (χ2n) is 4.14. The van der Waals surface area contributed by atoms with E-state index in [4.69, 9.17) is 12.6 Å². The third-order valence-electron chi connectivity index (χ3n) is 3.18. The third kappa shape index (κ3) is 2.19. The van der Waals surface area contributed by atoms with Gasteiger partial charge < -0.3 is 0 Å². The highest BCUT2D eigenvalue weighted by molar-refractivity contribution is 7.81. The van der Waals surface area contributed by atoms with E-state index in [-0.39, 0.29) is 0 Å². The Morgan fingerprint density at radius 1 is 1.15 bits per heavy atom. The molecule has 1 heteroatoms. The first-order valence-electron chi connectivity index (χ1n) is 5.42. The van der Waals surface area contributed by atoms with Crippen LogP contribution >= 0.6 is 12.6 Å². The maximum atomic E-state index is 4.69. The molecule has 2 unspecified atom stereocenters. The van der Waals surface area contributed by atoms with Gasteiger partial charge in [-0.1, -0.05) is 31.1 Å². The van der Waals surface area contributed by atoms with E-state index in [1.54, 1.807) is 5.57 Å². The van der Waals surface area contributed by atoms with Gasteiger partial charge in [0.2, 0.25) is 0 Å². The number of hydrogen-bond donors (Lipinski definition) is 1. The lowest BCUT2D eigenvalue weighted by atomic mass is 9.81. The van der Waals surface area contributed by atoms with Gasteiger partial charge in [0, 0.05) is 5.25 Å². The van der Waals surface area contributed by atoms with Crippen molar-refractivity contribution in [2.45, 2.75) is 43.8 Å². The Balaban J connectivity index is 2.05. The fourth-order valence-electron chi connectivity index (χ4n) is 2.41. The molecule has 0 radical (unpaired) electrons. The zero-order valence-electron chi connectivity index (χ0n) is 8.08. The van der Waals surface area contributed by atoms with Gasteiger partial charge in [0.15, 0.2) is 0 Å². The molecule has 0 saturated heterocycles. The molecule has 2 rings (SSSR count). The van der Waals surface area contributed by atoms with Crippen molar-refractivity contribution in [2.75, 3.05) is 0 Å². The van der Waals surface area contributed by atoms with Crippen molar-refractivity contribution < 1.29 is 0 Å². The van der Waals surface area contributed by atoms with Crippen LogP contribution in [0.15, 0.2) is 23.8 Å². The normalized spacial score (nSPS) is 34.4. The predicted molar refractivity (Wildman–Crippen MR) is 61.2 cm³/mol. The maximum Gasteiger partial charge on any atom is 0.00854 e. The molecule has 0 heterocycles. The molecule has 2 aliphatic carbocycles. The lowest BCUT2D eigenvalue weighted by Gasteiger charge is -2.29. The lowest BCUT2D eigenvalue weighted by molar-refractivity contribution is 0.421. The largest absolute Gasteiger partial charge is 0.175 e. The molecular formula is C12H18S. The summed E-state index contributed by atoms with van der Waals surface area (Å²) in [6.45, 7) is 0. The first-order chi connectivity index (χ1) is 6.38. The summed E-state index contributed by atoms with van der Waals surface area (Å²) in [5, 5.41) is 0.614. The van der Waals surface area contributed by atoms with Crippen molar-refractivity contribution in [1.82, 2.24) is 0 Å². The highest BCUT2D eigenvalue weighted by atomic mass is 32.1. The molecule has 0 spiro atoms. The fraction of sp³-hybridized carbons (Fsp3) is 0.667. The SMILES string of the molecule is SC1CCCCC1C1=CCCC=C1. The van der Waals surface area contributed by atoms with Gasteiger partial charge in [-0.3, -0.25) is 0 Å². The van der Waals surface area contributed by atoms with Gasteiger partial charge in [-0.2, -0.15) is 12.6 Å². The Hall–Kier alpha value is -0.170. The van der Waals surface area contributed by atoms with E-state index in [2.05, 4.69) is 18.2 Å². The average molecular weight is 194 g/mol. The average Bonchev–Trinajstić information content (AvgIpc) is 2.20. The number of allylic oxidation sites excluding steroid dienone is 4. The van der Waals surface area contributed by atoms with Crippen molar-refractivity contribution in [2.24, 2.45) is 5.92 Å². The monoisotopic (exact) mass is 194 g/mol. The summed E-state index contributed by atoms with van der Waals surface area (Å²) in [4.78, 5) is 0. The van der Waals surface area contributed by atoms with Crippen LogP contribution in [-0.2, 0) is 0 Å². The summed E-state index contributed by atoms with van der Waals surface area (Å²) < 4.78 is 0. The number of rotatable bonds is 1. The van der Waals surface area contributed by atoms with Gasteiger partial charge in [-0.15, -0.1) is 0 Å². The van der Waals surface area contributed by atoms with E-state index in [9.17, 15) is 0 Å². The first-order valence-corrected chi connectivity index (χ1v) is 5.94. The van der Waals surface area contributed by atoms with E-state index in [0.29, 0.717) is 5.25 Å². The summed E-state index contributed by atoms with van der Waals surface area (Å²) >= 11 is 4.69. The molecule has 0 bridgehead atoms. The van der Waals surface area contributed by atoms with E-state index < -0.39 is 0 Å². The van der Waals surface area contributed by atoms with Crippen LogP contribution in [0.25, 0.3) is 0 Å². The Labute approximate surface area is 86.5 Å². The zero-order chi connectivity index (χ0) is 9.10. The summed E-state index contributed by atoms with van der Waals surface area (Å²) in [7, 11) is 0. The summed E-state index contributed by atoms with van der Waals surface area (Å²) in [5.41, 5.74) is 1.56. The standard InChI is InChI=1S/C12H18S/c13-12-9-5-4-8-11(12)10-6-2-1-3-7-10/h2,6-7,11-13H,1,3-5,8-9H2. The Kier molecular flexibility index (Phi) is 3.15. The zero-order valence-corrected chi connectivity index (χ0v) is 8.97. The predicted octanol–water partition coefficient (Wildman–Crippen LogP) is 3.75. The van der Waals surface area contributed by atoms with Crippen LogP contribution in [0.3, 0.4) is 0 Å². The quantitative estimate of drug-likeness (QED) is 0.604. The molecule has 72 valence electrons. The second-order valence-corrected chi connectivity index (χ2v) is 4.81. The topological polar surface area (TPSA) is 0 Å². The summed E-state index contributed by atoms with van der Waals surface area (Å²) in [6.07, 6.45) is 14.9. The number of hydrogen-bond acceptors (Lipinski definition) is 1. The third-order valence-corrected chi connectivity index (χ3v) is 3.80. The minimum Gasteiger partial charge on any atom is -0.175 e. The minimum atomic E-state index is 0.614. The number of thiol groups is 1. The highest BCUT2D eigenvalue weighted by Gasteiger charge is 2.24. The molecule has 0 aromatic carbocycles. The van der Waals surface area contributed by atoms with Gasteiger partial charge in [-0.05, 0) is 37.2 Å². The molecule has 1 saturated carbocycles. The second kappa shape index (κ2) is 4.36. The molecule has 2 atom stereocenters. The van der Waals surface area contributed by atoms with Gasteiger partial charge in [0.05, 0.1) is 0 Å². The van der Waals surface area contributed by atoms with Gasteiger partial charge in [-0.25, -0.2) is 0 Å². The summed E-state index contributed by atoms with van der Waals surface area (Å²) in [5.74, 6) is 0.744. The van der Waals surface area contributed by atoms with Crippen LogP contribution in [-0.4, -0.2) is 5.25 Å². The van der Waals surface area contributed by atoms with Crippen molar-refractivity contribution in [3.63, 3.8) is 0 Å². The molecule has 0 nitrogen and oxygen atoms in total. The van der Waals surface area contributed by atoms with Crippen LogP contribution in [0.5, 0.6) is 0 Å². The minimum absolute atomic E-state index is 0.614. The van der Waals surface area contributed by atoms with E-state index >= 15 is 0 Å². The molecule has 0 aliphatic heterocycles. The van der Waals surface area contributed by atoms with Crippen LogP contribution < -0.4 is 0 Å². The highest BCUT2D eigenvalue weighted by Crippen LogP contribution is 2.35. The fourth-order valence-corrected chi connectivity index (χ4v) is 2.91. The molecule has 0 N–H and O–H groups in total. The van der Waals surface area contributed by atoms with E-state index in [1.807, 2.05) is 0 Å². The molecule has 0 amide bonds. The van der Waals surface area contributed by atoms with Crippen LogP contribution in [0.2, 0.25) is 0 Å². The van der Waals surface area contributed by atoms with Crippen LogP contribution in [0.4, 0.5) is 0 Å². The molecule has 0 aromatic heterocycles. The van der Waals surface area contributed by atoms with Crippen LogP contribution in [0.1, 0.15) is 38.5 Å². The Morgan fingerprint density at radius 2 is 2.00 bits per heavy atom. The van der Waals surface area contributed by atoms with Gasteiger partial charge >= 0.3 is 0 Å². The Bertz CT molecular complexity index is 227. The van der Waals surface area contributed by atoms with Gasteiger partial charge in [0.25, 0.3) is 0 Å². The molecule has 2 aliphatic rings. The van der Waals surface area contributed by atoms with Crippen LogP contribution in [0, 0.1) is 5.92 Å². The van der Waals surface area contributed by atoms with Crippen molar-refractivity contribution in [3.05, 3.63) is 23.8 Å². The molecule has 0 aromatic rings. The maximum absolute atomic E-state index is 4.69. The van der Waals surface area contributed by atoms with E-state index in [0.717, 1.165) is 5.92 Å². The molecule has 1 fully saturated rings. The van der Waals surface area contributed by atoms with E-state index in [1.165, 1.54) is 38.5 Å². The molecular weight excluding hydrogens is 176 g/mol. The van der Waals surface area contributed by atoms with Gasteiger partial charge in [0.1, 0.15) is 0 Å². The molecule has 13 heavy (non-hydrogen) atoms. The lowest BCUT2D eigenvalue weighted by Crippen LogP contribution is -2.21. The smallest absolute Gasteiger partial charge is 0.00854 e. The van der Waals surface area contributed by atoms with Crippen molar-refractivity contribution in [1.29, 1.82) is 0 Å². The Morgan fingerprint density at radius 3 is 2.69 bits per heavy atom. The van der Waals surface area contributed by atoms with Crippen molar-refractivity contribution in [3.8, 4) is 0 Å².